The first kappa shape index (κ1) is 20.5. The Balaban J connectivity index is 1.76. The van der Waals surface area contributed by atoms with Crippen LogP contribution in [0.25, 0.3) is 0 Å². The van der Waals surface area contributed by atoms with E-state index in [9.17, 15) is 9.35 Å². The van der Waals surface area contributed by atoms with E-state index in [4.69, 9.17) is 4.74 Å². The maximum absolute atomic E-state index is 12.7. The van der Waals surface area contributed by atoms with Crippen molar-refractivity contribution in [2.24, 2.45) is 0 Å². The molecule has 6 heteroatoms. The molecule has 1 aromatic rings. The van der Waals surface area contributed by atoms with Gasteiger partial charge >= 0.3 is 6.09 Å². The summed E-state index contributed by atoms with van der Waals surface area (Å²) < 4.78 is 21.3. The molecule has 2 aliphatic rings. The van der Waals surface area contributed by atoms with Crippen LogP contribution in [0.4, 0.5) is 4.79 Å². The number of likely N-dealkylation sites (tertiary alicyclic amines) is 1. The molecule has 1 fully saturated rings. The summed E-state index contributed by atoms with van der Waals surface area (Å²) in [7, 11) is 0. The molecule has 5 nitrogen and oxygen atoms in total. The topological polar surface area (TPSA) is 64.6 Å². The average Bonchev–Trinajstić information content (AvgIpc) is 2.57. The van der Waals surface area contributed by atoms with Crippen LogP contribution in [0.15, 0.2) is 24.3 Å². The third-order valence-electron chi connectivity index (χ3n) is 5.45. The molecule has 0 bridgehead atoms. The summed E-state index contributed by atoms with van der Waals surface area (Å²) in [5, 5.41) is 0. The monoisotopic (exact) mass is 392 g/mol. The summed E-state index contributed by atoms with van der Waals surface area (Å²) in [4.78, 5) is 14.2. The molecule has 0 radical (unpaired) electrons. The molecule has 1 aliphatic carbocycles. The molecule has 0 saturated carbocycles. The number of carbonyl (C=O) groups is 1. The fourth-order valence-electron chi connectivity index (χ4n) is 4.01. The number of rotatable bonds is 2. The first-order valence-corrected chi connectivity index (χ1v) is 10.8. The van der Waals surface area contributed by atoms with E-state index in [1.54, 1.807) is 4.90 Å². The van der Waals surface area contributed by atoms with Crippen LogP contribution in [0.5, 0.6) is 0 Å². The van der Waals surface area contributed by atoms with Gasteiger partial charge < -0.3 is 14.2 Å². The van der Waals surface area contributed by atoms with Crippen LogP contribution < -0.4 is 4.72 Å². The molecule has 1 unspecified atom stereocenters. The van der Waals surface area contributed by atoms with Crippen LogP contribution in [-0.4, -0.2) is 39.0 Å². The first-order chi connectivity index (χ1) is 12.4. The molecule has 1 saturated heterocycles. The number of benzene rings is 1. The summed E-state index contributed by atoms with van der Waals surface area (Å²) >= 11 is -1.14. The fraction of sp³-hybridized carbons (Fsp3) is 0.667. The van der Waals surface area contributed by atoms with Gasteiger partial charge in [-0.3, -0.25) is 0 Å². The Kier molecular flexibility index (Phi) is 5.30. The minimum atomic E-state index is -1.14. The molecule has 3 rings (SSSR count). The van der Waals surface area contributed by atoms with Gasteiger partial charge in [-0.25, -0.2) is 4.79 Å². The molecule has 1 spiro atoms. The lowest BCUT2D eigenvalue weighted by molar-refractivity contribution is 0.0122. The Labute approximate surface area is 166 Å². The summed E-state index contributed by atoms with van der Waals surface area (Å²) in [6.45, 7) is 12.9. The van der Waals surface area contributed by atoms with Crippen LogP contribution in [0.1, 0.15) is 71.6 Å². The number of hydrogen-bond donors (Lipinski definition) is 1. The molecule has 1 aromatic carbocycles. The van der Waals surface area contributed by atoms with Crippen molar-refractivity contribution in [1.82, 2.24) is 9.62 Å². The largest absolute Gasteiger partial charge is 0.598 e. The smallest absolute Gasteiger partial charge is 0.410 e. The van der Waals surface area contributed by atoms with Crippen LogP contribution in [-0.2, 0) is 21.5 Å². The van der Waals surface area contributed by atoms with E-state index in [0.717, 1.165) is 12.8 Å². The molecule has 1 amide bonds. The Morgan fingerprint density at radius 2 is 1.78 bits per heavy atom. The number of amides is 1. The zero-order valence-electron chi connectivity index (χ0n) is 17.3. The lowest BCUT2D eigenvalue weighted by Gasteiger charge is -2.54. The van der Waals surface area contributed by atoms with E-state index in [0.29, 0.717) is 13.1 Å². The fourth-order valence-corrected chi connectivity index (χ4v) is 4.93. The number of nitrogens with zero attached hydrogens (tertiary/aromatic N) is 1. The Morgan fingerprint density at radius 3 is 2.33 bits per heavy atom. The second-order valence-electron chi connectivity index (χ2n) is 9.64. The van der Waals surface area contributed by atoms with Gasteiger partial charge in [-0.05, 0) is 65.5 Å². The third kappa shape index (κ3) is 3.98. The first-order valence-electron chi connectivity index (χ1n) is 9.69. The van der Waals surface area contributed by atoms with Gasteiger partial charge in [0.25, 0.3) is 0 Å². The van der Waals surface area contributed by atoms with Crippen molar-refractivity contribution in [2.45, 2.75) is 76.2 Å². The zero-order valence-corrected chi connectivity index (χ0v) is 18.1. The molecule has 1 aliphatic heterocycles. The van der Waals surface area contributed by atoms with E-state index < -0.39 is 17.0 Å². The van der Waals surface area contributed by atoms with E-state index in [1.807, 2.05) is 47.6 Å². The Bertz CT molecular complexity index is 700. The van der Waals surface area contributed by atoms with Gasteiger partial charge in [0.05, 0.1) is 6.04 Å². The highest BCUT2D eigenvalue weighted by Gasteiger charge is 2.55. The summed E-state index contributed by atoms with van der Waals surface area (Å²) in [5.41, 5.74) is 2.02. The highest BCUT2D eigenvalue weighted by molar-refractivity contribution is 7.90. The number of fused-ring (bicyclic) bond motifs is 2. The SMILES string of the molecule is CC(C)(C)OC(=O)N1CCC2(CC1)c1ccccc1[C@@H]2N[S+]([O-])C(C)(C)C. The van der Waals surface area contributed by atoms with Crippen LogP contribution >= 0.6 is 0 Å². The molecule has 1 heterocycles. The molecule has 0 aromatic heterocycles. The number of carbonyl (C=O) groups excluding carboxylic acids is 1. The second kappa shape index (κ2) is 6.98. The highest BCUT2D eigenvalue weighted by atomic mass is 32.2. The maximum Gasteiger partial charge on any atom is 0.410 e. The Hall–Kier alpha value is -1.24. The number of nitrogens with one attached hydrogen (secondary N) is 1. The van der Waals surface area contributed by atoms with Crippen LogP contribution in [0.3, 0.4) is 0 Å². The van der Waals surface area contributed by atoms with Crippen molar-refractivity contribution in [3.05, 3.63) is 35.4 Å². The predicted octanol–water partition coefficient (Wildman–Crippen LogP) is 4.06. The van der Waals surface area contributed by atoms with Gasteiger partial charge in [0.1, 0.15) is 10.3 Å². The number of piperidine rings is 1. The predicted molar refractivity (Wildman–Crippen MR) is 109 cm³/mol. The average molecular weight is 393 g/mol. The summed E-state index contributed by atoms with van der Waals surface area (Å²) in [6.07, 6.45) is 1.46. The van der Waals surface area contributed by atoms with Crippen molar-refractivity contribution in [3.63, 3.8) is 0 Å². The van der Waals surface area contributed by atoms with Crippen molar-refractivity contribution in [3.8, 4) is 0 Å². The molecule has 27 heavy (non-hydrogen) atoms. The number of hydrogen-bond acceptors (Lipinski definition) is 4. The van der Waals surface area contributed by atoms with Crippen molar-refractivity contribution >= 4 is 17.5 Å². The molecule has 2 atom stereocenters. The van der Waals surface area contributed by atoms with E-state index in [1.165, 1.54) is 11.1 Å². The quantitative estimate of drug-likeness (QED) is 0.771. The molecule has 1 N–H and O–H groups in total. The number of ether oxygens (including phenoxy) is 1. The zero-order chi connectivity index (χ0) is 20.0. The summed E-state index contributed by atoms with van der Waals surface area (Å²) in [5.74, 6) is 0. The standard InChI is InChI=1S/C21H32N2O3S/c1-19(2,3)26-18(24)23-13-11-21(12-14-23)16-10-8-7-9-15(16)17(21)22-27(25)20(4,5)6/h7-10,17,22H,11-14H2,1-6H3/t17-,27?/m0/s1. The maximum atomic E-state index is 12.7. The van der Waals surface area contributed by atoms with Gasteiger partial charge in [-0.1, -0.05) is 24.3 Å². The van der Waals surface area contributed by atoms with Gasteiger partial charge in [0, 0.05) is 29.9 Å². The molecule has 150 valence electrons. The van der Waals surface area contributed by atoms with Gasteiger partial charge in [-0.15, -0.1) is 4.72 Å². The van der Waals surface area contributed by atoms with E-state index in [-0.39, 0.29) is 22.3 Å². The van der Waals surface area contributed by atoms with Gasteiger partial charge in [0.15, 0.2) is 0 Å². The van der Waals surface area contributed by atoms with Gasteiger partial charge in [-0.2, -0.15) is 0 Å². The Morgan fingerprint density at radius 1 is 1.19 bits per heavy atom. The van der Waals surface area contributed by atoms with Gasteiger partial charge in [0.2, 0.25) is 0 Å². The van der Waals surface area contributed by atoms with Crippen molar-refractivity contribution in [1.29, 1.82) is 0 Å². The highest BCUT2D eigenvalue weighted by Crippen LogP contribution is 2.56. The van der Waals surface area contributed by atoms with Crippen LogP contribution in [0.2, 0.25) is 0 Å². The minimum Gasteiger partial charge on any atom is -0.598 e. The molecular weight excluding hydrogens is 360 g/mol. The lowest BCUT2D eigenvalue weighted by Crippen LogP contribution is -2.59. The third-order valence-corrected chi connectivity index (χ3v) is 7.01. The van der Waals surface area contributed by atoms with E-state index in [2.05, 4.69) is 22.9 Å². The minimum absolute atomic E-state index is 0.0595. The second-order valence-corrected chi connectivity index (χ2v) is 11.6. The molecular formula is C21H32N2O3S. The normalized spacial score (nSPS) is 22.8. The van der Waals surface area contributed by atoms with Crippen molar-refractivity contribution in [2.75, 3.05) is 13.1 Å². The lowest BCUT2D eigenvalue weighted by atomic mass is 9.56. The van der Waals surface area contributed by atoms with Crippen LogP contribution in [0, 0.1) is 0 Å². The summed E-state index contributed by atoms with van der Waals surface area (Å²) in [6, 6.07) is 8.47. The van der Waals surface area contributed by atoms with E-state index >= 15 is 0 Å². The van der Waals surface area contributed by atoms with Crippen molar-refractivity contribution < 1.29 is 14.1 Å².